The molecule has 0 fully saturated rings. The average molecular weight is 502 g/mol. The van der Waals surface area contributed by atoms with Gasteiger partial charge in [-0.3, -0.25) is 0 Å². The number of allylic oxidation sites excluding steroid dienone is 1. The third-order valence-corrected chi connectivity index (χ3v) is 7.04. The van der Waals surface area contributed by atoms with Crippen LogP contribution in [-0.4, -0.2) is 38.9 Å². The highest BCUT2D eigenvalue weighted by Crippen LogP contribution is 2.41. The number of hydrogen-bond acceptors (Lipinski definition) is 5. The largest absolute Gasteiger partial charge is 0.378 e. The molecular weight excluding hydrogens is 466 g/mol. The van der Waals surface area contributed by atoms with Crippen LogP contribution in [-0.2, 0) is 6.42 Å². The lowest BCUT2D eigenvalue weighted by Gasteiger charge is -2.28. The van der Waals surface area contributed by atoms with Crippen molar-refractivity contribution >= 4 is 29.0 Å². The van der Waals surface area contributed by atoms with E-state index in [-0.39, 0.29) is 12.0 Å². The summed E-state index contributed by atoms with van der Waals surface area (Å²) in [6.45, 7) is 0. The summed E-state index contributed by atoms with van der Waals surface area (Å²) in [5.74, 6) is 1.01. The summed E-state index contributed by atoms with van der Waals surface area (Å²) in [6.07, 6.45) is 7.07. The Bertz CT molecular complexity index is 1380. The molecule has 1 aromatic heterocycles. The lowest BCUT2D eigenvalue weighted by molar-refractivity contribution is 0.545. The molecule has 0 bridgehead atoms. The van der Waals surface area contributed by atoms with Crippen LogP contribution in [0.4, 0.5) is 17.2 Å². The van der Waals surface area contributed by atoms with Gasteiger partial charge in [0, 0.05) is 51.7 Å². The molecule has 5 rings (SSSR count). The van der Waals surface area contributed by atoms with Gasteiger partial charge in [0.25, 0.3) is 0 Å². The lowest BCUT2D eigenvalue weighted by atomic mass is 9.84. The van der Waals surface area contributed by atoms with Gasteiger partial charge in [-0.15, -0.1) is 0 Å². The molecule has 0 spiro atoms. The molecule has 4 aromatic rings. The minimum Gasteiger partial charge on any atom is -0.378 e. The van der Waals surface area contributed by atoms with Crippen LogP contribution in [0.25, 0.3) is 6.08 Å². The third-order valence-electron chi connectivity index (χ3n) is 7.04. The van der Waals surface area contributed by atoms with Gasteiger partial charge in [0.15, 0.2) is 0 Å². The van der Waals surface area contributed by atoms with Crippen LogP contribution < -0.4 is 14.8 Å². The fourth-order valence-electron chi connectivity index (χ4n) is 4.93. The summed E-state index contributed by atoms with van der Waals surface area (Å²) in [5.41, 5.74) is 7.09. The van der Waals surface area contributed by atoms with Gasteiger partial charge in [-0.1, -0.05) is 66.7 Å². The molecular formula is C33H35N5. The Balaban J connectivity index is 1.56. The zero-order chi connectivity index (χ0) is 26.5. The zero-order valence-electron chi connectivity index (χ0n) is 22.6. The first-order valence-electron chi connectivity index (χ1n) is 13.0. The zero-order valence-corrected chi connectivity index (χ0v) is 22.6. The van der Waals surface area contributed by atoms with E-state index in [0.717, 1.165) is 23.5 Å². The second-order valence-electron chi connectivity index (χ2n) is 10.1. The van der Waals surface area contributed by atoms with Crippen LogP contribution in [0.1, 0.15) is 22.7 Å². The summed E-state index contributed by atoms with van der Waals surface area (Å²) in [7, 11) is 8.26. The van der Waals surface area contributed by atoms with Crippen molar-refractivity contribution in [3.8, 4) is 0 Å². The van der Waals surface area contributed by atoms with Crippen LogP contribution in [0.5, 0.6) is 0 Å². The van der Waals surface area contributed by atoms with Crippen molar-refractivity contribution in [2.24, 2.45) is 11.0 Å². The van der Waals surface area contributed by atoms with Crippen LogP contribution >= 0.6 is 0 Å². The maximum absolute atomic E-state index is 5.19. The molecule has 0 saturated carbocycles. The highest BCUT2D eigenvalue weighted by molar-refractivity contribution is 6.03. The Morgan fingerprint density at radius 3 is 1.95 bits per heavy atom. The maximum Gasteiger partial charge on any atom is 0.149 e. The number of hydrazone groups is 1. The van der Waals surface area contributed by atoms with E-state index in [1.807, 2.05) is 24.4 Å². The number of pyridine rings is 1. The Kier molecular flexibility index (Phi) is 7.55. The molecule has 38 heavy (non-hydrogen) atoms. The number of hydrogen-bond donors (Lipinski definition) is 0. The smallest absolute Gasteiger partial charge is 0.149 e. The van der Waals surface area contributed by atoms with Gasteiger partial charge in [-0.2, -0.15) is 5.10 Å². The molecule has 192 valence electrons. The van der Waals surface area contributed by atoms with Crippen molar-refractivity contribution in [3.63, 3.8) is 0 Å². The van der Waals surface area contributed by atoms with E-state index in [0.29, 0.717) is 0 Å². The molecule has 0 aliphatic carbocycles. The molecule has 0 radical (unpaired) electrons. The SMILES string of the molecule is CN(C)c1ccc(C=CC2=NN(c3ccccn3)C(c3ccc(N(C)C)cc3)C2Cc2ccccc2)cc1. The molecule has 1 aliphatic heterocycles. The minimum atomic E-state index is 0.0251. The number of benzene rings is 3. The van der Waals surface area contributed by atoms with Crippen molar-refractivity contribution in [1.29, 1.82) is 0 Å². The second-order valence-corrected chi connectivity index (χ2v) is 10.1. The van der Waals surface area contributed by atoms with Gasteiger partial charge in [-0.25, -0.2) is 9.99 Å². The van der Waals surface area contributed by atoms with Crippen molar-refractivity contribution in [3.05, 3.63) is 126 Å². The van der Waals surface area contributed by atoms with E-state index in [1.54, 1.807) is 0 Å². The standard InChI is InChI=1S/C33H35N5/c1-36(2)28-18-13-25(14-19-28)15-22-31-30(24-26-10-6-5-7-11-26)33(27-16-20-29(21-17-27)37(3)4)38(35-31)32-12-8-9-23-34-32/h5-23,30,33H,24H2,1-4H3. The summed E-state index contributed by atoms with van der Waals surface area (Å²) in [4.78, 5) is 8.92. The molecule has 5 nitrogen and oxygen atoms in total. The predicted molar refractivity (Wildman–Crippen MR) is 161 cm³/mol. The van der Waals surface area contributed by atoms with Crippen LogP contribution in [0.2, 0.25) is 0 Å². The van der Waals surface area contributed by atoms with Crippen LogP contribution in [0, 0.1) is 5.92 Å². The van der Waals surface area contributed by atoms with Crippen molar-refractivity contribution in [2.75, 3.05) is 43.0 Å². The molecule has 0 amide bonds. The maximum atomic E-state index is 5.19. The van der Waals surface area contributed by atoms with E-state index < -0.39 is 0 Å². The lowest BCUT2D eigenvalue weighted by Crippen LogP contribution is -2.27. The first-order valence-corrected chi connectivity index (χ1v) is 13.0. The molecule has 3 aromatic carbocycles. The monoisotopic (exact) mass is 501 g/mol. The van der Waals surface area contributed by atoms with Crippen LogP contribution in [0.15, 0.2) is 114 Å². The van der Waals surface area contributed by atoms with Crippen molar-refractivity contribution < 1.29 is 0 Å². The van der Waals surface area contributed by atoms with E-state index >= 15 is 0 Å². The van der Waals surface area contributed by atoms with E-state index in [4.69, 9.17) is 5.10 Å². The molecule has 2 heterocycles. The second kappa shape index (κ2) is 11.3. The first-order chi connectivity index (χ1) is 18.5. The van der Waals surface area contributed by atoms with Gasteiger partial charge in [0.2, 0.25) is 0 Å². The fraction of sp³-hybridized carbons (Fsp3) is 0.212. The van der Waals surface area contributed by atoms with Gasteiger partial charge in [0.1, 0.15) is 5.82 Å². The predicted octanol–water partition coefficient (Wildman–Crippen LogP) is 6.70. The van der Waals surface area contributed by atoms with Gasteiger partial charge < -0.3 is 9.80 Å². The highest BCUT2D eigenvalue weighted by atomic mass is 15.5. The third kappa shape index (κ3) is 5.62. The summed E-state index contributed by atoms with van der Waals surface area (Å²) in [5, 5.41) is 7.30. The minimum absolute atomic E-state index is 0.0251. The van der Waals surface area contributed by atoms with E-state index in [2.05, 4.69) is 139 Å². The Hall–Kier alpha value is -4.38. The van der Waals surface area contributed by atoms with Gasteiger partial charge in [-0.05, 0) is 65.6 Å². The summed E-state index contributed by atoms with van der Waals surface area (Å²) >= 11 is 0. The molecule has 0 saturated heterocycles. The number of aromatic nitrogens is 1. The molecule has 0 N–H and O–H groups in total. The quantitative estimate of drug-likeness (QED) is 0.269. The van der Waals surface area contributed by atoms with Gasteiger partial charge >= 0.3 is 0 Å². The van der Waals surface area contributed by atoms with E-state index in [9.17, 15) is 0 Å². The van der Waals surface area contributed by atoms with Crippen molar-refractivity contribution in [2.45, 2.75) is 12.5 Å². The van der Waals surface area contributed by atoms with E-state index in [1.165, 1.54) is 22.5 Å². The van der Waals surface area contributed by atoms with Gasteiger partial charge in [0.05, 0.1) is 11.8 Å². The first kappa shape index (κ1) is 25.3. The molecule has 1 aliphatic rings. The Morgan fingerprint density at radius 1 is 0.711 bits per heavy atom. The number of anilines is 3. The fourth-order valence-corrected chi connectivity index (χ4v) is 4.93. The Morgan fingerprint density at radius 2 is 1.34 bits per heavy atom. The highest BCUT2D eigenvalue weighted by Gasteiger charge is 2.38. The molecule has 2 unspecified atom stereocenters. The normalized spacial score (nSPS) is 17.1. The van der Waals surface area contributed by atoms with Crippen molar-refractivity contribution in [1.82, 2.24) is 4.98 Å². The van der Waals surface area contributed by atoms with Crippen LogP contribution in [0.3, 0.4) is 0 Å². The molecule has 2 atom stereocenters. The summed E-state index contributed by atoms with van der Waals surface area (Å²) in [6, 6.07) is 34.2. The number of rotatable bonds is 8. The topological polar surface area (TPSA) is 35.0 Å². The average Bonchev–Trinajstić information content (AvgIpc) is 3.31. The summed E-state index contributed by atoms with van der Waals surface area (Å²) < 4.78 is 0. The molecule has 5 heteroatoms. The Labute approximate surface area is 226 Å². The number of nitrogens with zero attached hydrogens (tertiary/aromatic N) is 5.